The summed E-state index contributed by atoms with van der Waals surface area (Å²) in [5.41, 5.74) is 1.45. The van der Waals surface area contributed by atoms with Gasteiger partial charge in [-0.15, -0.1) is 0 Å². The minimum Gasteiger partial charge on any atom is -0.465 e. The van der Waals surface area contributed by atoms with Crippen molar-refractivity contribution in [1.82, 2.24) is 9.21 Å². The van der Waals surface area contributed by atoms with Crippen molar-refractivity contribution in [1.29, 1.82) is 0 Å². The SMILES string of the molecule is CCCN(CCC1=CC=C[C@H](OCc2ccccc2)C1=O)S(=O)(=O)CN(CC(C)CC)C(=O)O. The Kier molecular flexibility index (Phi) is 10.9. The van der Waals surface area contributed by atoms with E-state index in [0.29, 0.717) is 18.6 Å². The van der Waals surface area contributed by atoms with E-state index in [0.717, 1.165) is 16.9 Å². The number of rotatable bonds is 14. The molecule has 1 aromatic carbocycles. The van der Waals surface area contributed by atoms with Gasteiger partial charge in [0.1, 0.15) is 12.0 Å². The van der Waals surface area contributed by atoms with Gasteiger partial charge in [-0.2, -0.15) is 0 Å². The average Bonchev–Trinajstić information content (AvgIpc) is 2.81. The second-order valence-electron chi connectivity index (χ2n) is 8.57. The first-order valence-corrected chi connectivity index (χ1v) is 13.3. The summed E-state index contributed by atoms with van der Waals surface area (Å²) >= 11 is 0. The number of allylic oxidation sites excluding steroid dienone is 2. The van der Waals surface area contributed by atoms with Gasteiger partial charge in [-0.05, 0) is 36.0 Å². The minimum atomic E-state index is -3.87. The van der Waals surface area contributed by atoms with E-state index < -0.39 is 28.1 Å². The lowest BCUT2D eigenvalue weighted by molar-refractivity contribution is -0.124. The lowest BCUT2D eigenvalue weighted by Crippen LogP contribution is -2.44. The van der Waals surface area contributed by atoms with Crippen molar-refractivity contribution in [2.45, 2.75) is 52.7 Å². The van der Waals surface area contributed by atoms with Gasteiger partial charge in [0.2, 0.25) is 10.0 Å². The molecule has 1 N–H and O–H groups in total. The minimum absolute atomic E-state index is 0.0514. The number of Topliss-reactive ketones (excluding diaryl/α,β-unsaturated/α-hetero) is 1. The Morgan fingerprint density at radius 2 is 1.88 bits per heavy atom. The molecule has 0 saturated carbocycles. The topological polar surface area (TPSA) is 104 Å². The lowest BCUT2D eigenvalue weighted by Gasteiger charge is -2.28. The van der Waals surface area contributed by atoms with Crippen LogP contribution in [-0.2, 0) is 26.2 Å². The lowest BCUT2D eigenvalue weighted by atomic mass is 9.98. The largest absolute Gasteiger partial charge is 0.465 e. The third kappa shape index (κ3) is 8.38. The average molecular weight is 493 g/mol. The molecule has 2 rings (SSSR count). The molecule has 0 fully saturated rings. The molecule has 1 amide bonds. The maximum absolute atomic E-state index is 13.1. The van der Waals surface area contributed by atoms with Crippen molar-refractivity contribution in [3.63, 3.8) is 0 Å². The molecule has 0 aliphatic heterocycles. The number of ether oxygens (including phenoxy) is 1. The summed E-state index contributed by atoms with van der Waals surface area (Å²) in [5.74, 6) is -0.727. The van der Waals surface area contributed by atoms with Gasteiger partial charge in [-0.1, -0.05) is 69.7 Å². The van der Waals surface area contributed by atoms with E-state index in [2.05, 4.69) is 0 Å². The zero-order valence-corrected chi connectivity index (χ0v) is 21.0. The summed E-state index contributed by atoms with van der Waals surface area (Å²) in [6, 6.07) is 9.55. The first-order valence-electron chi connectivity index (χ1n) is 11.7. The summed E-state index contributed by atoms with van der Waals surface area (Å²) in [6.45, 7) is 6.48. The van der Waals surface area contributed by atoms with Gasteiger partial charge < -0.3 is 9.84 Å². The van der Waals surface area contributed by atoms with Crippen molar-refractivity contribution in [2.75, 3.05) is 25.5 Å². The van der Waals surface area contributed by atoms with Crippen LogP contribution >= 0.6 is 0 Å². The highest BCUT2D eigenvalue weighted by molar-refractivity contribution is 7.89. The van der Waals surface area contributed by atoms with Crippen LogP contribution < -0.4 is 0 Å². The summed E-state index contributed by atoms with van der Waals surface area (Å²) in [7, 11) is -3.87. The van der Waals surface area contributed by atoms with E-state index in [4.69, 9.17) is 4.74 Å². The third-order valence-corrected chi connectivity index (χ3v) is 7.54. The zero-order valence-electron chi connectivity index (χ0n) is 20.2. The highest BCUT2D eigenvalue weighted by Gasteiger charge is 2.29. The number of hydrogen-bond acceptors (Lipinski definition) is 5. The van der Waals surface area contributed by atoms with Gasteiger partial charge in [0.15, 0.2) is 5.78 Å². The number of nitrogens with zero attached hydrogens (tertiary/aromatic N) is 2. The van der Waals surface area contributed by atoms with E-state index in [1.165, 1.54) is 4.31 Å². The quantitative estimate of drug-likeness (QED) is 0.420. The van der Waals surface area contributed by atoms with Crippen LogP contribution in [-0.4, -0.2) is 66.2 Å². The monoisotopic (exact) mass is 492 g/mol. The van der Waals surface area contributed by atoms with Gasteiger partial charge in [0, 0.05) is 19.6 Å². The van der Waals surface area contributed by atoms with Gasteiger partial charge in [0.05, 0.1) is 6.61 Å². The molecule has 1 aliphatic rings. The predicted molar refractivity (Wildman–Crippen MR) is 132 cm³/mol. The Morgan fingerprint density at radius 1 is 1.18 bits per heavy atom. The van der Waals surface area contributed by atoms with Crippen LogP contribution in [0.25, 0.3) is 0 Å². The Labute approximate surface area is 202 Å². The number of carbonyl (C=O) groups is 2. The molecule has 0 spiro atoms. The van der Waals surface area contributed by atoms with E-state index in [-0.39, 0.29) is 37.8 Å². The van der Waals surface area contributed by atoms with E-state index >= 15 is 0 Å². The highest BCUT2D eigenvalue weighted by atomic mass is 32.2. The van der Waals surface area contributed by atoms with Crippen LogP contribution in [0.3, 0.4) is 0 Å². The van der Waals surface area contributed by atoms with Crippen LogP contribution in [0.1, 0.15) is 45.6 Å². The van der Waals surface area contributed by atoms with E-state index in [1.54, 1.807) is 18.2 Å². The second-order valence-corrected chi connectivity index (χ2v) is 10.5. The van der Waals surface area contributed by atoms with Gasteiger partial charge in [-0.3, -0.25) is 9.69 Å². The molecule has 0 aromatic heterocycles. The maximum atomic E-state index is 13.1. The first kappa shape index (κ1) is 27.8. The van der Waals surface area contributed by atoms with Crippen molar-refractivity contribution >= 4 is 21.9 Å². The normalized spacial score (nSPS) is 17.0. The highest BCUT2D eigenvalue weighted by Crippen LogP contribution is 2.19. The maximum Gasteiger partial charge on any atom is 0.408 e. The molecule has 0 heterocycles. The molecule has 9 heteroatoms. The molecular formula is C25H36N2O6S. The van der Waals surface area contributed by atoms with Crippen LogP contribution in [0.4, 0.5) is 4.79 Å². The van der Waals surface area contributed by atoms with Crippen molar-refractivity contribution in [3.05, 3.63) is 59.7 Å². The molecule has 1 unspecified atom stereocenters. The van der Waals surface area contributed by atoms with Crippen LogP contribution in [0.2, 0.25) is 0 Å². The van der Waals surface area contributed by atoms with Gasteiger partial charge in [0.25, 0.3) is 0 Å². The summed E-state index contributed by atoms with van der Waals surface area (Å²) in [6.07, 6.45) is 4.72. The van der Waals surface area contributed by atoms with E-state index in [9.17, 15) is 23.1 Å². The fourth-order valence-corrected chi connectivity index (χ4v) is 5.18. The number of benzene rings is 1. The molecule has 0 radical (unpaired) electrons. The molecule has 2 atom stereocenters. The fraction of sp³-hybridized carbons (Fsp3) is 0.520. The third-order valence-electron chi connectivity index (χ3n) is 5.75. The zero-order chi connectivity index (χ0) is 25.1. The number of hydrogen-bond donors (Lipinski definition) is 1. The van der Waals surface area contributed by atoms with Crippen molar-refractivity contribution < 1.29 is 27.9 Å². The summed E-state index contributed by atoms with van der Waals surface area (Å²) in [4.78, 5) is 25.5. The van der Waals surface area contributed by atoms with Crippen LogP contribution in [0, 0.1) is 5.92 Å². The van der Waals surface area contributed by atoms with Gasteiger partial charge in [-0.25, -0.2) is 17.5 Å². The molecule has 1 aliphatic carbocycles. The Balaban J connectivity index is 2.01. The van der Waals surface area contributed by atoms with Gasteiger partial charge >= 0.3 is 6.09 Å². The molecule has 188 valence electrons. The standard InChI is InChI=1S/C25H36N2O6S/c1-4-15-27(34(31,32)19-26(25(29)30)17-20(3)5-2)16-14-22-12-9-13-23(24(22)28)33-18-21-10-7-6-8-11-21/h6-13,20,23H,4-5,14-19H2,1-3H3,(H,29,30)/t20?,23-/m0/s1. The molecular weight excluding hydrogens is 456 g/mol. The van der Waals surface area contributed by atoms with Crippen molar-refractivity contribution in [2.24, 2.45) is 5.92 Å². The smallest absolute Gasteiger partial charge is 0.408 e. The fourth-order valence-electron chi connectivity index (χ4n) is 3.58. The van der Waals surface area contributed by atoms with Crippen LogP contribution in [0.15, 0.2) is 54.1 Å². The molecule has 34 heavy (non-hydrogen) atoms. The number of amides is 1. The number of ketones is 1. The predicted octanol–water partition coefficient (Wildman–Crippen LogP) is 4.05. The number of carboxylic acid groups (broad SMARTS) is 1. The van der Waals surface area contributed by atoms with Crippen LogP contribution in [0.5, 0.6) is 0 Å². The van der Waals surface area contributed by atoms with Crippen molar-refractivity contribution in [3.8, 4) is 0 Å². The molecule has 0 bridgehead atoms. The Bertz CT molecular complexity index is 974. The Hall–Kier alpha value is -2.49. The molecule has 0 saturated heterocycles. The van der Waals surface area contributed by atoms with E-state index in [1.807, 2.05) is 51.1 Å². The summed E-state index contributed by atoms with van der Waals surface area (Å²) in [5, 5.41) is 9.49. The Morgan fingerprint density at radius 3 is 2.50 bits per heavy atom. The molecule has 1 aromatic rings. The second kappa shape index (κ2) is 13.4. The number of sulfonamides is 1. The first-order chi connectivity index (χ1) is 16.2. The molecule has 8 nitrogen and oxygen atoms in total. The number of carbonyl (C=O) groups excluding carboxylic acids is 1. The summed E-state index contributed by atoms with van der Waals surface area (Å²) < 4.78 is 33.2.